The topological polar surface area (TPSA) is 107 Å². The highest BCUT2D eigenvalue weighted by Crippen LogP contribution is 2.34. The minimum Gasteiger partial charge on any atom is -0.488 e. The number of non-ortho nitro benzene ring substituents is 1. The molecule has 1 heterocycles. The molecule has 1 fully saturated rings. The summed E-state index contributed by atoms with van der Waals surface area (Å²) >= 11 is 0.747. The van der Waals surface area contributed by atoms with Crippen molar-refractivity contribution in [2.24, 2.45) is 0 Å². The van der Waals surface area contributed by atoms with Crippen LogP contribution in [0.1, 0.15) is 21.5 Å². The summed E-state index contributed by atoms with van der Waals surface area (Å²) in [5.74, 6) is -0.532. The van der Waals surface area contributed by atoms with Gasteiger partial charge in [-0.1, -0.05) is 60.7 Å². The van der Waals surface area contributed by atoms with E-state index in [2.05, 4.69) is 0 Å². The number of fused-ring (bicyclic) bond motifs is 1. The number of nitro groups is 1. The average Bonchev–Trinajstić information content (AvgIpc) is 3.19. The number of hydrogen-bond acceptors (Lipinski definition) is 7. The van der Waals surface area contributed by atoms with Crippen molar-refractivity contribution < 1.29 is 24.0 Å². The number of nitro benzene ring substituents is 1. The molecular formula is C29H20N2O6S. The third-order valence-corrected chi connectivity index (χ3v) is 6.95. The summed E-state index contributed by atoms with van der Waals surface area (Å²) in [5.41, 5.74) is 1.66. The van der Waals surface area contributed by atoms with E-state index in [0.29, 0.717) is 17.9 Å². The van der Waals surface area contributed by atoms with Crippen molar-refractivity contribution in [2.75, 3.05) is 6.54 Å². The summed E-state index contributed by atoms with van der Waals surface area (Å²) in [7, 11) is 0. The smallest absolute Gasteiger partial charge is 0.293 e. The highest BCUT2D eigenvalue weighted by molar-refractivity contribution is 8.18. The van der Waals surface area contributed by atoms with Crippen molar-refractivity contribution in [1.29, 1.82) is 0 Å². The molecule has 1 aliphatic rings. The molecule has 188 valence electrons. The van der Waals surface area contributed by atoms with Crippen molar-refractivity contribution in [3.05, 3.63) is 123 Å². The Labute approximate surface area is 221 Å². The number of imide groups is 1. The normalized spacial score (nSPS) is 14.3. The first-order valence-corrected chi connectivity index (χ1v) is 12.4. The molecule has 38 heavy (non-hydrogen) atoms. The van der Waals surface area contributed by atoms with E-state index in [1.165, 1.54) is 24.3 Å². The van der Waals surface area contributed by atoms with Crippen LogP contribution in [-0.2, 0) is 11.4 Å². The maximum absolute atomic E-state index is 13.0. The van der Waals surface area contributed by atoms with Gasteiger partial charge in [0.25, 0.3) is 16.8 Å². The summed E-state index contributed by atoms with van der Waals surface area (Å²) in [4.78, 5) is 49.5. The Bertz CT molecular complexity index is 1610. The molecule has 4 aromatic rings. The number of benzene rings is 4. The molecule has 0 radical (unpaired) electrons. The first kappa shape index (κ1) is 24.9. The Morgan fingerprint density at radius 3 is 2.42 bits per heavy atom. The van der Waals surface area contributed by atoms with Gasteiger partial charge in [0.05, 0.1) is 16.4 Å². The largest absolute Gasteiger partial charge is 0.488 e. The molecule has 1 saturated heterocycles. The average molecular weight is 525 g/mol. The fraction of sp³-hybridized carbons (Fsp3) is 0.0690. The van der Waals surface area contributed by atoms with Gasteiger partial charge in [0.1, 0.15) is 12.4 Å². The standard InChI is InChI=1S/C29H20N2O6S/c32-25(20-12-14-23(15-13-20)31(35)36)17-30-28(33)27(38-29(30)34)16-21-7-2-4-11-26(21)37-18-22-9-5-8-19-6-1-3-10-24(19)22/h1-16H,17-18H2/b27-16-. The summed E-state index contributed by atoms with van der Waals surface area (Å²) < 4.78 is 6.11. The fourth-order valence-electron chi connectivity index (χ4n) is 4.09. The molecule has 0 saturated carbocycles. The van der Waals surface area contributed by atoms with Crippen LogP contribution in [0, 0.1) is 10.1 Å². The van der Waals surface area contributed by atoms with E-state index in [9.17, 15) is 24.5 Å². The van der Waals surface area contributed by atoms with Gasteiger partial charge in [0, 0.05) is 23.3 Å². The quantitative estimate of drug-likeness (QED) is 0.116. The number of ether oxygens (including phenoxy) is 1. The van der Waals surface area contributed by atoms with Gasteiger partial charge in [-0.25, -0.2) is 0 Å². The maximum Gasteiger partial charge on any atom is 0.293 e. The summed E-state index contributed by atoms with van der Waals surface area (Å²) in [6, 6.07) is 26.3. The van der Waals surface area contributed by atoms with Crippen LogP contribution in [0.4, 0.5) is 10.5 Å². The molecule has 2 amide bonds. The number of hydrogen-bond donors (Lipinski definition) is 0. The highest BCUT2D eigenvalue weighted by atomic mass is 32.2. The Kier molecular flexibility index (Phi) is 7.01. The van der Waals surface area contributed by atoms with Gasteiger partial charge < -0.3 is 4.74 Å². The number of rotatable bonds is 8. The molecule has 9 heteroatoms. The zero-order chi connectivity index (χ0) is 26.6. The van der Waals surface area contributed by atoms with Crippen LogP contribution in [-0.4, -0.2) is 33.3 Å². The van der Waals surface area contributed by atoms with E-state index in [4.69, 9.17) is 4.74 Å². The molecule has 0 aliphatic carbocycles. The SMILES string of the molecule is O=C(CN1C(=O)S/C(=C\c2ccccc2OCc2cccc3ccccc23)C1=O)c1ccc([N+](=O)[O-])cc1. The van der Waals surface area contributed by atoms with Crippen LogP contribution in [0.25, 0.3) is 16.8 Å². The molecule has 0 bridgehead atoms. The minimum atomic E-state index is -0.584. The third-order valence-electron chi connectivity index (χ3n) is 6.04. The Hall–Kier alpha value is -4.76. The molecule has 0 spiro atoms. The van der Waals surface area contributed by atoms with Gasteiger partial charge in [-0.3, -0.25) is 29.4 Å². The summed E-state index contributed by atoms with van der Waals surface area (Å²) in [6.45, 7) is -0.142. The number of ketones is 1. The number of para-hydroxylation sites is 1. The van der Waals surface area contributed by atoms with Crippen molar-refractivity contribution >= 4 is 51.2 Å². The van der Waals surface area contributed by atoms with Crippen LogP contribution in [0.2, 0.25) is 0 Å². The zero-order valence-corrected chi connectivity index (χ0v) is 20.7. The lowest BCUT2D eigenvalue weighted by atomic mass is 10.1. The zero-order valence-electron chi connectivity index (χ0n) is 19.9. The predicted molar refractivity (Wildman–Crippen MR) is 145 cm³/mol. The van der Waals surface area contributed by atoms with Crippen molar-refractivity contribution in [1.82, 2.24) is 4.90 Å². The summed E-state index contributed by atoms with van der Waals surface area (Å²) in [6.07, 6.45) is 1.58. The van der Waals surface area contributed by atoms with E-state index in [0.717, 1.165) is 33.0 Å². The monoisotopic (exact) mass is 524 g/mol. The van der Waals surface area contributed by atoms with Crippen molar-refractivity contribution in [3.63, 3.8) is 0 Å². The number of thioether (sulfide) groups is 1. The number of amides is 2. The predicted octanol–water partition coefficient (Wildman–Crippen LogP) is 6.25. The third kappa shape index (κ3) is 5.18. The number of Topliss-reactive ketones (excluding diaryl/α,β-unsaturated/α-hetero) is 1. The first-order chi connectivity index (χ1) is 18.4. The molecule has 0 atom stereocenters. The fourth-order valence-corrected chi connectivity index (χ4v) is 4.92. The molecule has 1 aliphatic heterocycles. The number of carbonyl (C=O) groups is 3. The highest BCUT2D eigenvalue weighted by Gasteiger charge is 2.36. The lowest BCUT2D eigenvalue weighted by molar-refractivity contribution is -0.384. The van der Waals surface area contributed by atoms with Gasteiger partial charge in [-0.05, 0) is 52.4 Å². The lowest BCUT2D eigenvalue weighted by Gasteiger charge is -2.12. The maximum atomic E-state index is 13.0. The van der Waals surface area contributed by atoms with Gasteiger partial charge in [-0.2, -0.15) is 0 Å². The second-order valence-corrected chi connectivity index (χ2v) is 9.45. The molecule has 5 rings (SSSR count). The first-order valence-electron chi connectivity index (χ1n) is 11.6. The van der Waals surface area contributed by atoms with Gasteiger partial charge in [0.15, 0.2) is 5.78 Å². The molecule has 0 aromatic heterocycles. The van der Waals surface area contributed by atoms with Gasteiger partial charge in [0.2, 0.25) is 0 Å². The van der Waals surface area contributed by atoms with Crippen LogP contribution >= 0.6 is 11.8 Å². The Morgan fingerprint density at radius 1 is 0.921 bits per heavy atom. The van der Waals surface area contributed by atoms with Crippen LogP contribution in [0.3, 0.4) is 0 Å². The van der Waals surface area contributed by atoms with E-state index < -0.39 is 28.4 Å². The van der Waals surface area contributed by atoms with Crippen molar-refractivity contribution in [2.45, 2.75) is 6.61 Å². The lowest BCUT2D eigenvalue weighted by Crippen LogP contribution is -2.33. The minimum absolute atomic E-state index is 0.156. The van der Waals surface area contributed by atoms with E-state index in [1.54, 1.807) is 24.3 Å². The second-order valence-electron chi connectivity index (χ2n) is 8.46. The molecule has 0 N–H and O–H groups in total. The van der Waals surface area contributed by atoms with E-state index in [-0.39, 0.29) is 16.2 Å². The number of nitrogens with zero attached hydrogens (tertiary/aromatic N) is 2. The van der Waals surface area contributed by atoms with Crippen LogP contribution < -0.4 is 4.74 Å². The molecule has 4 aromatic carbocycles. The Balaban J connectivity index is 1.31. The van der Waals surface area contributed by atoms with Crippen molar-refractivity contribution in [3.8, 4) is 5.75 Å². The number of carbonyl (C=O) groups excluding carboxylic acids is 3. The molecule has 8 nitrogen and oxygen atoms in total. The van der Waals surface area contributed by atoms with E-state index in [1.807, 2.05) is 48.5 Å². The van der Waals surface area contributed by atoms with E-state index >= 15 is 0 Å². The van der Waals surface area contributed by atoms with Gasteiger partial charge >= 0.3 is 0 Å². The van der Waals surface area contributed by atoms with Crippen LogP contribution in [0.5, 0.6) is 5.75 Å². The van der Waals surface area contributed by atoms with Crippen LogP contribution in [0.15, 0.2) is 95.9 Å². The van der Waals surface area contributed by atoms with Gasteiger partial charge in [-0.15, -0.1) is 0 Å². The second kappa shape index (κ2) is 10.7. The summed E-state index contributed by atoms with van der Waals surface area (Å²) in [5, 5.41) is 12.5. The Morgan fingerprint density at radius 2 is 1.63 bits per heavy atom. The molecule has 0 unspecified atom stereocenters. The molecular weight excluding hydrogens is 504 g/mol.